The average Bonchev–Trinajstić information content (AvgIpc) is 1.61. The van der Waals surface area contributed by atoms with E-state index in [1.165, 1.54) is 0 Å². The van der Waals surface area contributed by atoms with E-state index in [1.807, 2.05) is 0 Å². The molecule has 37 valence electrons. The smallest absolute Gasteiger partial charge is 0.108 e. The van der Waals surface area contributed by atoms with Gasteiger partial charge in [0, 0.05) is 7.05 Å². The summed E-state index contributed by atoms with van der Waals surface area (Å²) in [5, 5.41) is 9.52. The molecule has 6 heavy (non-hydrogen) atoms. The SMILES string of the molecule is CNOCC[O]. The first-order valence-electron chi connectivity index (χ1n) is 1.78. The molecule has 0 saturated heterocycles. The number of rotatable bonds is 3. The van der Waals surface area contributed by atoms with Gasteiger partial charge >= 0.3 is 0 Å². The summed E-state index contributed by atoms with van der Waals surface area (Å²) in [5.74, 6) is 0. The van der Waals surface area contributed by atoms with Crippen molar-refractivity contribution < 1.29 is 9.94 Å². The maximum absolute atomic E-state index is 9.52. The molecule has 0 aromatic carbocycles. The Bertz CT molecular complexity index is 20.8. The van der Waals surface area contributed by atoms with Gasteiger partial charge in [-0.05, 0) is 0 Å². The van der Waals surface area contributed by atoms with Crippen molar-refractivity contribution >= 4 is 0 Å². The first-order chi connectivity index (χ1) is 2.91. The predicted molar refractivity (Wildman–Crippen MR) is 20.6 cm³/mol. The molecule has 0 unspecified atom stereocenters. The van der Waals surface area contributed by atoms with Crippen LogP contribution in [0.5, 0.6) is 0 Å². The third kappa shape index (κ3) is 3.88. The van der Waals surface area contributed by atoms with E-state index in [0.717, 1.165) is 0 Å². The Morgan fingerprint density at radius 2 is 2.50 bits per heavy atom. The molecular formula is C3H8NO2. The molecule has 3 nitrogen and oxygen atoms in total. The van der Waals surface area contributed by atoms with Crippen LogP contribution in [0.25, 0.3) is 0 Å². The summed E-state index contributed by atoms with van der Waals surface area (Å²) in [5.41, 5.74) is 2.37. The van der Waals surface area contributed by atoms with E-state index in [0.29, 0.717) is 0 Å². The first kappa shape index (κ1) is 5.88. The van der Waals surface area contributed by atoms with Gasteiger partial charge in [0.15, 0.2) is 0 Å². The second-order valence-corrected chi connectivity index (χ2v) is 0.757. The predicted octanol–water partition coefficient (Wildman–Crippen LogP) is -0.432. The zero-order chi connectivity index (χ0) is 4.83. The Hall–Kier alpha value is -0.120. The van der Waals surface area contributed by atoms with Crippen molar-refractivity contribution in [1.29, 1.82) is 0 Å². The van der Waals surface area contributed by atoms with Crippen molar-refractivity contribution in [3.05, 3.63) is 0 Å². The van der Waals surface area contributed by atoms with Crippen LogP contribution < -0.4 is 5.48 Å². The lowest BCUT2D eigenvalue weighted by molar-refractivity contribution is 0.0137. The van der Waals surface area contributed by atoms with Crippen LogP contribution in [0, 0.1) is 0 Å². The zero-order valence-electron chi connectivity index (χ0n) is 3.73. The fourth-order valence-corrected chi connectivity index (χ4v) is 0.144. The van der Waals surface area contributed by atoms with Crippen LogP contribution in [0.4, 0.5) is 0 Å². The van der Waals surface area contributed by atoms with Crippen molar-refractivity contribution in [2.75, 3.05) is 20.3 Å². The Kier molecular flexibility index (Phi) is 4.78. The molecular weight excluding hydrogens is 82.0 g/mol. The van der Waals surface area contributed by atoms with Crippen molar-refractivity contribution in [1.82, 2.24) is 5.48 Å². The van der Waals surface area contributed by atoms with Gasteiger partial charge in [-0.2, -0.15) is 0 Å². The summed E-state index contributed by atoms with van der Waals surface area (Å²) in [6, 6.07) is 0. The largest absolute Gasteiger partial charge is 0.300 e. The highest BCUT2D eigenvalue weighted by Crippen LogP contribution is 1.58. The molecule has 0 fully saturated rings. The molecule has 0 atom stereocenters. The normalized spacial score (nSPS) is 9.00. The summed E-state index contributed by atoms with van der Waals surface area (Å²) in [7, 11) is 1.62. The average molecular weight is 90.1 g/mol. The van der Waals surface area contributed by atoms with Crippen LogP contribution >= 0.6 is 0 Å². The van der Waals surface area contributed by atoms with E-state index in [2.05, 4.69) is 10.3 Å². The van der Waals surface area contributed by atoms with Gasteiger partial charge in [0.1, 0.15) is 6.61 Å². The van der Waals surface area contributed by atoms with Crippen molar-refractivity contribution in [3.63, 3.8) is 0 Å². The first-order valence-corrected chi connectivity index (χ1v) is 1.78. The van der Waals surface area contributed by atoms with Crippen LogP contribution in [-0.4, -0.2) is 20.3 Å². The lowest BCUT2D eigenvalue weighted by Crippen LogP contribution is -2.09. The fourth-order valence-electron chi connectivity index (χ4n) is 0.144. The van der Waals surface area contributed by atoms with Gasteiger partial charge in [-0.25, -0.2) is 10.6 Å². The van der Waals surface area contributed by atoms with Crippen LogP contribution in [0.3, 0.4) is 0 Å². The minimum absolute atomic E-state index is 0.180. The lowest BCUT2D eigenvalue weighted by atomic mass is 10.8. The van der Waals surface area contributed by atoms with E-state index in [-0.39, 0.29) is 13.2 Å². The molecule has 0 saturated carbocycles. The summed E-state index contributed by atoms with van der Waals surface area (Å²) >= 11 is 0. The quantitative estimate of drug-likeness (QED) is 0.377. The molecule has 1 N–H and O–H groups in total. The van der Waals surface area contributed by atoms with Crippen LogP contribution in [0.1, 0.15) is 0 Å². The Balaban J connectivity index is 2.34. The minimum atomic E-state index is -0.180. The number of hydrogen-bond acceptors (Lipinski definition) is 2. The van der Waals surface area contributed by atoms with Crippen molar-refractivity contribution in [2.24, 2.45) is 0 Å². The fraction of sp³-hybridized carbons (Fsp3) is 1.00. The molecule has 0 aromatic rings. The zero-order valence-corrected chi connectivity index (χ0v) is 3.73. The third-order valence-electron chi connectivity index (χ3n) is 0.330. The molecule has 0 aliphatic carbocycles. The molecule has 0 bridgehead atoms. The van der Waals surface area contributed by atoms with Crippen LogP contribution in [0.2, 0.25) is 0 Å². The molecule has 0 spiro atoms. The van der Waals surface area contributed by atoms with Gasteiger partial charge in [0.05, 0.1) is 6.61 Å². The van der Waals surface area contributed by atoms with Crippen molar-refractivity contribution in [2.45, 2.75) is 0 Å². The number of hydrogen-bond donors (Lipinski definition) is 1. The van der Waals surface area contributed by atoms with Gasteiger partial charge in [-0.1, -0.05) is 0 Å². The van der Waals surface area contributed by atoms with Gasteiger partial charge in [0.25, 0.3) is 0 Å². The van der Waals surface area contributed by atoms with Gasteiger partial charge in [-0.3, -0.25) is 4.84 Å². The minimum Gasteiger partial charge on any atom is -0.300 e. The molecule has 0 amide bonds. The number of nitrogens with one attached hydrogen (secondary N) is 1. The summed E-state index contributed by atoms with van der Waals surface area (Å²) in [6.07, 6.45) is 0. The highest BCUT2D eigenvalue weighted by molar-refractivity contribution is 4.13. The molecule has 0 aliphatic rings. The summed E-state index contributed by atoms with van der Waals surface area (Å²) < 4.78 is 0. The lowest BCUT2D eigenvalue weighted by Gasteiger charge is -1.91. The Morgan fingerprint density at radius 3 is 2.67 bits per heavy atom. The highest BCUT2D eigenvalue weighted by atomic mass is 16.6. The second kappa shape index (κ2) is 4.88. The van der Waals surface area contributed by atoms with E-state index in [9.17, 15) is 5.11 Å². The molecule has 1 radical (unpaired) electrons. The van der Waals surface area contributed by atoms with Crippen molar-refractivity contribution in [3.8, 4) is 0 Å². The second-order valence-electron chi connectivity index (χ2n) is 0.757. The van der Waals surface area contributed by atoms with E-state index < -0.39 is 0 Å². The summed E-state index contributed by atoms with van der Waals surface area (Å²) in [4.78, 5) is 4.42. The van der Waals surface area contributed by atoms with E-state index in [4.69, 9.17) is 0 Å². The molecule has 0 heterocycles. The van der Waals surface area contributed by atoms with Gasteiger partial charge in [0.2, 0.25) is 0 Å². The van der Waals surface area contributed by atoms with Crippen LogP contribution in [0.15, 0.2) is 0 Å². The summed E-state index contributed by atoms with van der Waals surface area (Å²) in [6.45, 7) is 0.0668. The van der Waals surface area contributed by atoms with Crippen LogP contribution in [-0.2, 0) is 9.94 Å². The van der Waals surface area contributed by atoms with E-state index in [1.54, 1.807) is 7.05 Å². The molecule has 3 heteroatoms. The topological polar surface area (TPSA) is 41.2 Å². The standard InChI is InChI=1S/C3H8NO2/c1-4-6-3-2-5/h4H,2-3H2,1H3. The number of hydroxylamine groups is 1. The highest BCUT2D eigenvalue weighted by Gasteiger charge is 1.74. The van der Waals surface area contributed by atoms with Gasteiger partial charge in [-0.15, -0.1) is 0 Å². The third-order valence-corrected chi connectivity index (χ3v) is 0.330. The maximum Gasteiger partial charge on any atom is 0.108 e. The van der Waals surface area contributed by atoms with Gasteiger partial charge < -0.3 is 0 Å². The maximum atomic E-state index is 9.52. The molecule has 0 aliphatic heterocycles. The molecule has 0 rings (SSSR count). The molecule has 0 aromatic heterocycles. The Morgan fingerprint density at radius 1 is 1.83 bits per heavy atom. The monoisotopic (exact) mass is 90.1 g/mol. The van der Waals surface area contributed by atoms with E-state index >= 15 is 0 Å². The Labute approximate surface area is 36.9 Å².